The highest BCUT2D eigenvalue weighted by molar-refractivity contribution is 6.34. The zero-order chi connectivity index (χ0) is 21.2. The largest absolute Gasteiger partial charge is 0.454 e. The maximum atomic E-state index is 6.52. The number of benzene rings is 2. The van der Waals surface area contributed by atoms with Crippen molar-refractivity contribution < 1.29 is 14.2 Å². The van der Waals surface area contributed by atoms with Crippen molar-refractivity contribution in [2.45, 2.75) is 0 Å². The Balaban J connectivity index is 1.33. The molecule has 0 amide bonds. The molecular weight excluding hydrogens is 441 g/mol. The van der Waals surface area contributed by atoms with Gasteiger partial charge in [-0.25, -0.2) is 4.98 Å². The van der Waals surface area contributed by atoms with Gasteiger partial charge in [0.05, 0.1) is 28.9 Å². The standard InChI is InChI=1S/C21H19Cl2N5O3/c22-14-2-4-17-20(31-12-30-17)19(14)26-18-5-6-24-21(27-18)25-13-1-3-16(15(23)11-13)28-7-9-29-10-8-28/h1-6,11H,7-10,12H2,(H2,24,25,26,27). The molecule has 0 bridgehead atoms. The molecule has 0 atom stereocenters. The van der Waals surface area contributed by atoms with Gasteiger partial charge in [-0.15, -0.1) is 0 Å². The summed E-state index contributed by atoms with van der Waals surface area (Å²) in [6.45, 7) is 3.21. The molecule has 0 aliphatic carbocycles. The molecule has 160 valence electrons. The third-order valence-electron chi connectivity index (χ3n) is 4.95. The minimum Gasteiger partial charge on any atom is -0.454 e. The van der Waals surface area contributed by atoms with E-state index in [-0.39, 0.29) is 6.79 Å². The molecule has 8 nitrogen and oxygen atoms in total. The van der Waals surface area contributed by atoms with E-state index >= 15 is 0 Å². The lowest BCUT2D eigenvalue weighted by Gasteiger charge is -2.29. The van der Waals surface area contributed by atoms with Gasteiger partial charge in [-0.3, -0.25) is 0 Å². The highest BCUT2D eigenvalue weighted by Crippen LogP contribution is 2.44. The summed E-state index contributed by atoms with van der Waals surface area (Å²) in [5.74, 6) is 2.17. The molecule has 3 heterocycles. The van der Waals surface area contributed by atoms with Crippen LogP contribution in [-0.4, -0.2) is 43.1 Å². The van der Waals surface area contributed by atoms with E-state index in [1.54, 1.807) is 24.4 Å². The van der Waals surface area contributed by atoms with Gasteiger partial charge >= 0.3 is 0 Å². The van der Waals surface area contributed by atoms with Crippen molar-refractivity contribution in [3.8, 4) is 11.5 Å². The van der Waals surface area contributed by atoms with E-state index in [1.165, 1.54) is 0 Å². The lowest BCUT2D eigenvalue weighted by atomic mass is 10.2. The third kappa shape index (κ3) is 4.27. The summed E-state index contributed by atoms with van der Waals surface area (Å²) in [5, 5.41) is 7.54. The lowest BCUT2D eigenvalue weighted by Crippen LogP contribution is -2.36. The van der Waals surface area contributed by atoms with E-state index in [1.807, 2.05) is 18.2 Å². The number of hydrogen-bond acceptors (Lipinski definition) is 8. The van der Waals surface area contributed by atoms with Gasteiger partial charge in [-0.2, -0.15) is 4.98 Å². The number of anilines is 5. The van der Waals surface area contributed by atoms with Crippen LogP contribution in [0.15, 0.2) is 42.6 Å². The van der Waals surface area contributed by atoms with Crippen LogP contribution in [0.5, 0.6) is 11.5 Å². The fraction of sp³-hybridized carbons (Fsp3) is 0.238. The molecule has 1 fully saturated rings. The predicted octanol–water partition coefficient (Wildman–Crippen LogP) is 4.84. The van der Waals surface area contributed by atoms with Gasteiger partial charge < -0.3 is 29.7 Å². The number of ether oxygens (including phenoxy) is 3. The molecule has 0 radical (unpaired) electrons. The smallest absolute Gasteiger partial charge is 0.231 e. The van der Waals surface area contributed by atoms with Crippen LogP contribution in [0.2, 0.25) is 10.0 Å². The molecule has 10 heteroatoms. The average molecular weight is 460 g/mol. The number of aromatic nitrogens is 2. The molecule has 2 aromatic carbocycles. The van der Waals surface area contributed by atoms with Crippen molar-refractivity contribution in [1.82, 2.24) is 9.97 Å². The molecule has 3 aromatic rings. The molecule has 0 spiro atoms. The molecular formula is C21H19Cl2N5O3. The van der Waals surface area contributed by atoms with Crippen LogP contribution in [0.1, 0.15) is 0 Å². The minimum atomic E-state index is 0.155. The first-order valence-electron chi connectivity index (χ1n) is 9.75. The van der Waals surface area contributed by atoms with Crippen molar-refractivity contribution in [2.24, 2.45) is 0 Å². The van der Waals surface area contributed by atoms with Gasteiger partial charge in [0.15, 0.2) is 11.5 Å². The van der Waals surface area contributed by atoms with Crippen LogP contribution < -0.4 is 25.0 Å². The molecule has 2 N–H and O–H groups in total. The van der Waals surface area contributed by atoms with E-state index in [0.29, 0.717) is 52.2 Å². The zero-order valence-corrected chi connectivity index (χ0v) is 17.9. The Morgan fingerprint density at radius 2 is 1.81 bits per heavy atom. The molecule has 1 aromatic heterocycles. The van der Waals surface area contributed by atoms with Gasteiger partial charge in [0.25, 0.3) is 0 Å². The zero-order valence-electron chi connectivity index (χ0n) is 16.4. The van der Waals surface area contributed by atoms with Gasteiger partial charge in [-0.05, 0) is 36.4 Å². The fourth-order valence-electron chi connectivity index (χ4n) is 3.46. The summed E-state index contributed by atoms with van der Waals surface area (Å²) in [5.41, 5.74) is 2.37. The summed E-state index contributed by atoms with van der Waals surface area (Å²) in [4.78, 5) is 11.0. The van der Waals surface area contributed by atoms with Gasteiger partial charge in [0, 0.05) is 25.0 Å². The molecule has 2 aliphatic heterocycles. The van der Waals surface area contributed by atoms with Crippen molar-refractivity contribution in [3.05, 3.63) is 52.6 Å². The number of halogens is 2. The molecule has 31 heavy (non-hydrogen) atoms. The molecule has 1 saturated heterocycles. The van der Waals surface area contributed by atoms with Gasteiger partial charge in [-0.1, -0.05) is 23.2 Å². The summed E-state index contributed by atoms with van der Waals surface area (Å²) < 4.78 is 16.3. The quantitative estimate of drug-likeness (QED) is 0.560. The fourth-order valence-corrected chi connectivity index (χ4v) is 3.95. The Morgan fingerprint density at radius 3 is 2.65 bits per heavy atom. The second-order valence-electron chi connectivity index (χ2n) is 6.94. The predicted molar refractivity (Wildman–Crippen MR) is 121 cm³/mol. The van der Waals surface area contributed by atoms with Crippen LogP contribution in [0, 0.1) is 0 Å². The number of nitrogens with zero attached hydrogens (tertiary/aromatic N) is 3. The Labute approximate surface area is 189 Å². The van der Waals surface area contributed by atoms with Crippen LogP contribution >= 0.6 is 23.2 Å². The number of morpholine rings is 1. The number of rotatable bonds is 5. The number of nitrogens with one attached hydrogen (secondary N) is 2. The monoisotopic (exact) mass is 459 g/mol. The second-order valence-corrected chi connectivity index (χ2v) is 7.75. The van der Waals surface area contributed by atoms with Gasteiger partial charge in [0.1, 0.15) is 11.5 Å². The van der Waals surface area contributed by atoms with Gasteiger partial charge in [0.2, 0.25) is 12.7 Å². The first-order valence-corrected chi connectivity index (χ1v) is 10.5. The molecule has 0 unspecified atom stereocenters. The van der Waals surface area contributed by atoms with E-state index in [9.17, 15) is 0 Å². The van der Waals surface area contributed by atoms with Crippen LogP contribution in [0.25, 0.3) is 0 Å². The normalized spacial score (nSPS) is 15.1. The first-order chi connectivity index (χ1) is 15.2. The van der Waals surface area contributed by atoms with Crippen LogP contribution in [0.4, 0.5) is 28.8 Å². The Bertz CT molecular complexity index is 1110. The topological polar surface area (TPSA) is 80.8 Å². The lowest BCUT2D eigenvalue weighted by molar-refractivity contribution is 0.122. The Hall–Kier alpha value is -2.94. The summed E-state index contributed by atoms with van der Waals surface area (Å²) in [6.07, 6.45) is 1.65. The number of hydrogen-bond donors (Lipinski definition) is 2. The number of fused-ring (bicyclic) bond motifs is 1. The van der Waals surface area contributed by atoms with E-state index in [2.05, 4.69) is 25.5 Å². The maximum absolute atomic E-state index is 6.52. The first kappa shape index (κ1) is 20.0. The Kier molecular flexibility index (Phi) is 5.59. The van der Waals surface area contributed by atoms with Crippen molar-refractivity contribution in [1.29, 1.82) is 0 Å². The van der Waals surface area contributed by atoms with E-state index in [0.717, 1.165) is 24.5 Å². The molecule has 5 rings (SSSR count). The summed E-state index contributed by atoms with van der Waals surface area (Å²) >= 11 is 12.9. The summed E-state index contributed by atoms with van der Waals surface area (Å²) in [6, 6.07) is 11.1. The maximum Gasteiger partial charge on any atom is 0.231 e. The van der Waals surface area contributed by atoms with E-state index in [4.69, 9.17) is 37.4 Å². The SMILES string of the molecule is Clc1cc(Nc2nccc(Nc3c(Cl)ccc4c3OCO4)n2)ccc1N1CCOCC1. The van der Waals surface area contributed by atoms with Crippen molar-refractivity contribution in [3.63, 3.8) is 0 Å². The average Bonchev–Trinajstić information content (AvgIpc) is 3.26. The van der Waals surface area contributed by atoms with E-state index < -0.39 is 0 Å². The minimum absolute atomic E-state index is 0.155. The third-order valence-corrected chi connectivity index (χ3v) is 5.57. The Morgan fingerprint density at radius 1 is 0.935 bits per heavy atom. The summed E-state index contributed by atoms with van der Waals surface area (Å²) in [7, 11) is 0. The van der Waals surface area contributed by atoms with Crippen LogP contribution in [0.3, 0.4) is 0 Å². The molecule has 0 saturated carbocycles. The highest BCUT2D eigenvalue weighted by Gasteiger charge is 2.21. The van der Waals surface area contributed by atoms with Crippen molar-refractivity contribution in [2.75, 3.05) is 48.6 Å². The molecule has 2 aliphatic rings. The van der Waals surface area contributed by atoms with Crippen molar-refractivity contribution >= 4 is 52.0 Å². The van der Waals surface area contributed by atoms with Crippen LogP contribution in [-0.2, 0) is 4.74 Å². The second kappa shape index (κ2) is 8.66. The highest BCUT2D eigenvalue weighted by atomic mass is 35.5.